The summed E-state index contributed by atoms with van der Waals surface area (Å²) in [5.41, 5.74) is 1.19. The SMILES string of the molecule is C=CC(=O)N(C)c1ccc(C(=O)N2CCNC(=O)C2CCC)cc1. The van der Waals surface area contributed by atoms with Gasteiger partial charge in [0, 0.05) is 31.4 Å². The molecule has 128 valence electrons. The molecule has 1 aliphatic rings. The van der Waals surface area contributed by atoms with Gasteiger partial charge in [-0.05, 0) is 36.8 Å². The van der Waals surface area contributed by atoms with Crippen LogP contribution >= 0.6 is 0 Å². The summed E-state index contributed by atoms with van der Waals surface area (Å²) in [7, 11) is 1.65. The molecule has 2 rings (SSSR count). The minimum absolute atomic E-state index is 0.0932. The standard InChI is InChI=1S/C18H23N3O3/c1-4-6-15-17(23)19-11-12-21(15)18(24)13-7-9-14(10-8-13)20(3)16(22)5-2/h5,7-10,15H,2,4,6,11-12H2,1,3H3,(H,19,23). The summed E-state index contributed by atoms with van der Waals surface area (Å²) in [6.45, 7) is 6.43. The summed E-state index contributed by atoms with van der Waals surface area (Å²) in [6.07, 6.45) is 2.71. The number of carbonyl (C=O) groups is 3. The van der Waals surface area contributed by atoms with E-state index in [-0.39, 0.29) is 17.7 Å². The maximum Gasteiger partial charge on any atom is 0.254 e. The molecule has 1 fully saturated rings. The van der Waals surface area contributed by atoms with Crippen LogP contribution in [0.5, 0.6) is 0 Å². The van der Waals surface area contributed by atoms with Gasteiger partial charge in [0.1, 0.15) is 6.04 Å². The molecular formula is C18H23N3O3. The fraction of sp³-hybridized carbons (Fsp3) is 0.389. The molecule has 24 heavy (non-hydrogen) atoms. The topological polar surface area (TPSA) is 69.7 Å². The molecule has 0 aromatic heterocycles. The lowest BCUT2D eigenvalue weighted by atomic mass is 10.0. The van der Waals surface area contributed by atoms with Crippen molar-refractivity contribution in [3.8, 4) is 0 Å². The first kappa shape index (κ1) is 17.7. The van der Waals surface area contributed by atoms with Crippen LogP contribution in [0.3, 0.4) is 0 Å². The van der Waals surface area contributed by atoms with Crippen molar-refractivity contribution in [2.75, 3.05) is 25.0 Å². The third-order valence-electron chi connectivity index (χ3n) is 4.16. The fourth-order valence-corrected chi connectivity index (χ4v) is 2.78. The van der Waals surface area contributed by atoms with E-state index in [1.54, 1.807) is 36.2 Å². The second-order valence-corrected chi connectivity index (χ2v) is 5.74. The average molecular weight is 329 g/mol. The quantitative estimate of drug-likeness (QED) is 0.834. The van der Waals surface area contributed by atoms with Gasteiger partial charge in [0.15, 0.2) is 0 Å². The molecule has 1 heterocycles. The minimum atomic E-state index is -0.416. The highest BCUT2D eigenvalue weighted by Gasteiger charge is 2.32. The van der Waals surface area contributed by atoms with Gasteiger partial charge < -0.3 is 15.1 Å². The lowest BCUT2D eigenvalue weighted by Gasteiger charge is -2.35. The number of likely N-dealkylation sites (N-methyl/N-ethyl adjacent to an activating group) is 1. The van der Waals surface area contributed by atoms with Crippen molar-refractivity contribution >= 4 is 23.4 Å². The molecule has 1 atom stereocenters. The van der Waals surface area contributed by atoms with E-state index in [9.17, 15) is 14.4 Å². The van der Waals surface area contributed by atoms with Crippen molar-refractivity contribution in [2.45, 2.75) is 25.8 Å². The van der Waals surface area contributed by atoms with Crippen LogP contribution in [0.15, 0.2) is 36.9 Å². The van der Waals surface area contributed by atoms with Crippen LogP contribution in [0, 0.1) is 0 Å². The Labute approximate surface area is 142 Å². The molecule has 1 aliphatic heterocycles. The molecule has 6 heteroatoms. The zero-order valence-corrected chi connectivity index (χ0v) is 14.1. The van der Waals surface area contributed by atoms with Gasteiger partial charge in [-0.15, -0.1) is 0 Å². The van der Waals surface area contributed by atoms with E-state index in [1.165, 1.54) is 11.0 Å². The van der Waals surface area contributed by atoms with Crippen molar-refractivity contribution in [1.29, 1.82) is 0 Å². The molecule has 0 radical (unpaired) electrons. The first-order chi connectivity index (χ1) is 11.5. The average Bonchev–Trinajstić information content (AvgIpc) is 2.61. The maximum atomic E-state index is 12.8. The molecule has 1 unspecified atom stereocenters. The van der Waals surface area contributed by atoms with Crippen LogP contribution in [-0.2, 0) is 9.59 Å². The zero-order valence-electron chi connectivity index (χ0n) is 14.1. The number of hydrogen-bond donors (Lipinski definition) is 1. The van der Waals surface area contributed by atoms with Crippen LogP contribution < -0.4 is 10.2 Å². The number of benzene rings is 1. The number of amides is 3. The van der Waals surface area contributed by atoms with Gasteiger partial charge in [-0.1, -0.05) is 19.9 Å². The normalized spacial score (nSPS) is 17.2. The molecule has 1 N–H and O–H groups in total. The van der Waals surface area contributed by atoms with Crippen LogP contribution in [-0.4, -0.2) is 48.8 Å². The number of nitrogens with zero attached hydrogens (tertiary/aromatic N) is 2. The Bertz CT molecular complexity index is 639. The van der Waals surface area contributed by atoms with Gasteiger partial charge in [-0.25, -0.2) is 0 Å². The molecule has 0 bridgehead atoms. The molecule has 0 spiro atoms. The second kappa shape index (κ2) is 7.77. The summed E-state index contributed by atoms with van der Waals surface area (Å²) in [5, 5.41) is 2.81. The third kappa shape index (κ3) is 3.64. The Hall–Kier alpha value is -2.63. The van der Waals surface area contributed by atoms with E-state index in [0.717, 1.165) is 6.42 Å². The highest BCUT2D eigenvalue weighted by Crippen LogP contribution is 2.18. The summed E-state index contributed by atoms with van der Waals surface area (Å²) >= 11 is 0. The van der Waals surface area contributed by atoms with Crippen molar-refractivity contribution in [3.63, 3.8) is 0 Å². The molecular weight excluding hydrogens is 306 g/mol. The van der Waals surface area contributed by atoms with Gasteiger partial charge in [-0.3, -0.25) is 14.4 Å². The zero-order chi connectivity index (χ0) is 17.7. The van der Waals surface area contributed by atoms with Gasteiger partial charge in [0.2, 0.25) is 11.8 Å². The number of carbonyl (C=O) groups excluding carboxylic acids is 3. The van der Waals surface area contributed by atoms with E-state index in [1.807, 2.05) is 6.92 Å². The second-order valence-electron chi connectivity index (χ2n) is 5.74. The molecule has 1 aromatic carbocycles. The Morgan fingerprint density at radius 2 is 2.04 bits per heavy atom. The maximum absolute atomic E-state index is 12.8. The van der Waals surface area contributed by atoms with E-state index >= 15 is 0 Å². The number of piperazine rings is 1. The summed E-state index contributed by atoms with van der Waals surface area (Å²) in [5.74, 6) is -0.471. The number of rotatable bonds is 5. The van der Waals surface area contributed by atoms with Crippen molar-refractivity contribution in [1.82, 2.24) is 10.2 Å². The van der Waals surface area contributed by atoms with Crippen molar-refractivity contribution < 1.29 is 14.4 Å². The fourth-order valence-electron chi connectivity index (χ4n) is 2.78. The molecule has 0 aliphatic carbocycles. The Morgan fingerprint density at radius 1 is 1.38 bits per heavy atom. The highest BCUT2D eigenvalue weighted by molar-refractivity contribution is 6.02. The third-order valence-corrected chi connectivity index (χ3v) is 4.16. The van der Waals surface area contributed by atoms with Gasteiger partial charge in [0.05, 0.1) is 0 Å². The van der Waals surface area contributed by atoms with E-state index in [4.69, 9.17) is 0 Å². The molecule has 1 aromatic rings. The van der Waals surface area contributed by atoms with Crippen LogP contribution in [0.1, 0.15) is 30.1 Å². The monoisotopic (exact) mass is 329 g/mol. The molecule has 3 amide bonds. The smallest absolute Gasteiger partial charge is 0.254 e. The largest absolute Gasteiger partial charge is 0.353 e. The van der Waals surface area contributed by atoms with E-state index < -0.39 is 6.04 Å². The van der Waals surface area contributed by atoms with E-state index in [0.29, 0.717) is 30.8 Å². The highest BCUT2D eigenvalue weighted by atomic mass is 16.2. The first-order valence-corrected chi connectivity index (χ1v) is 8.08. The summed E-state index contributed by atoms with van der Waals surface area (Å²) < 4.78 is 0. The van der Waals surface area contributed by atoms with Crippen LogP contribution in [0.25, 0.3) is 0 Å². The lowest BCUT2D eigenvalue weighted by Crippen LogP contribution is -2.57. The van der Waals surface area contributed by atoms with Crippen LogP contribution in [0.2, 0.25) is 0 Å². The van der Waals surface area contributed by atoms with E-state index in [2.05, 4.69) is 11.9 Å². The van der Waals surface area contributed by atoms with Crippen molar-refractivity contribution in [2.24, 2.45) is 0 Å². The minimum Gasteiger partial charge on any atom is -0.353 e. The molecule has 0 saturated carbocycles. The molecule has 1 saturated heterocycles. The first-order valence-electron chi connectivity index (χ1n) is 8.08. The predicted molar refractivity (Wildman–Crippen MR) is 92.8 cm³/mol. The number of nitrogens with one attached hydrogen (secondary N) is 1. The number of anilines is 1. The van der Waals surface area contributed by atoms with Gasteiger partial charge >= 0.3 is 0 Å². The van der Waals surface area contributed by atoms with Crippen molar-refractivity contribution in [3.05, 3.63) is 42.5 Å². The Morgan fingerprint density at radius 3 is 2.62 bits per heavy atom. The van der Waals surface area contributed by atoms with Gasteiger partial charge in [-0.2, -0.15) is 0 Å². The molecule has 6 nitrogen and oxygen atoms in total. The summed E-state index contributed by atoms with van der Waals surface area (Å²) in [4.78, 5) is 39.5. The predicted octanol–water partition coefficient (Wildman–Crippen LogP) is 1.58. The Kier molecular flexibility index (Phi) is 5.73. The summed E-state index contributed by atoms with van der Waals surface area (Å²) in [6, 6.07) is 6.38. The lowest BCUT2D eigenvalue weighted by molar-refractivity contribution is -0.128. The Balaban J connectivity index is 2.18. The number of hydrogen-bond acceptors (Lipinski definition) is 3. The van der Waals surface area contributed by atoms with Gasteiger partial charge in [0.25, 0.3) is 5.91 Å². The van der Waals surface area contributed by atoms with Crippen LogP contribution in [0.4, 0.5) is 5.69 Å².